The fraction of sp³-hybridized carbons (Fsp3) is 0.750. The minimum Gasteiger partial charge on any atom is -0.481 e. The van der Waals surface area contributed by atoms with Crippen molar-refractivity contribution in [3.05, 3.63) is 0 Å². The van der Waals surface area contributed by atoms with Crippen LogP contribution in [0.5, 0.6) is 0 Å². The number of hydrogen-bond acceptors (Lipinski definition) is 4. The SMILES string of the molecule is C[P+](=O)OCCC(=O)O.O=P(O)(O)O. The van der Waals surface area contributed by atoms with Crippen LogP contribution >= 0.6 is 15.9 Å². The molecule has 0 aliphatic heterocycles. The Balaban J connectivity index is 0. The minimum absolute atomic E-state index is 0.0288. The average Bonchev–Trinajstić information content (AvgIpc) is 1.80. The van der Waals surface area contributed by atoms with Crippen LogP contribution < -0.4 is 0 Å². The largest absolute Gasteiger partial charge is 0.504 e. The Morgan fingerprint density at radius 2 is 1.79 bits per heavy atom. The molecule has 0 saturated heterocycles. The molecule has 0 aromatic carbocycles. The molecule has 0 heterocycles. The Hall–Kier alpha value is -0.360. The first-order valence-corrected chi connectivity index (χ1v) is 6.35. The van der Waals surface area contributed by atoms with Crippen molar-refractivity contribution in [2.24, 2.45) is 0 Å². The van der Waals surface area contributed by atoms with Crippen LogP contribution in [0.2, 0.25) is 0 Å². The Morgan fingerprint density at radius 3 is 2.00 bits per heavy atom. The van der Waals surface area contributed by atoms with Crippen LogP contribution in [0.3, 0.4) is 0 Å². The van der Waals surface area contributed by atoms with Crippen molar-refractivity contribution >= 4 is 21.8 Å². The van der Waals surface area contributed by atoms with Gasteiger partial charge in [-0.15, -0.1) is 4.52 Å². The van der Waals surface area contributed by atoms with Crippen LogP contribution in [0.4, 0.5) is 0 Å². The lowest BCUT2D eigenvalue weighted by molar-refractivity contribution is -0.137. The van der Waals surface area contributed by atoms with Crippen molar-refractivity contribution in [2.75, 3.05) is 13.3 Å². The molecule has 8 nitrogen and oxygen atoms in total. The Kier molecular flexibility index (Phi) is 9.18. The van der Waals surface area contributed by atoms with Crippen LogP contribution in [0.1, 0.15) is 6.42 Å². The lowest BCUT2D eigenvalue weighted by Crippen LogP contribution is -1.98. The zero-order valence-corrected chi connectivity index (χ0v) is 9.02. The van der Waals surface area contributed by atoms with E-state index in [1.165, 1.54) is 6.66 Å². The summed E-state index contributed by atoms with van der Waals surface area (Å²) in [5.41, 5.74) is 0. The van der Waals surface area contributed by atoms with E-state index < -0.39 is 21.8 Å². The van der Waals surface area contributed by atoms with Crippen LogP contribution in [0.15, 0.2) is 0 Å². The van der Waals surface area contributed by atoms with Gasteiger partial charge in [-0.2, -0.15) is 0 Å². The lowest BCUT2D eigenvalue weighted by Gasteiger charge is -1.84. The summed E-state index contributed by atoms with van der Waals surface area (Å²) in [5.74, 6) is -0.938. The lowest BCUT2D eigenvalue weighted by atomic mass is 10.5. The average molecular weight is 249 g/mol. The number of carboxylic acid groups (broad SMARTS) is 1. The predicted octanol–water partition coefficient (Wildman–Crippen LogP) is -0.0787. The van der Waals surface area contributed by atoms with E-state index in [2.05, 4.69) is 4.52 Å². The molecule has 0 spiro atoms. The second-order valence-electron chi connectivity index (χ2n) is 1.93. The Labute approximate surface area is 80.6 Å². The van der Waals surface area contributed by atoms with Gasteiger partial charge in [0.05, 0.1) is 6.42 Å². The molecule has 0 fully saturated rings. The van der Waals surface area contributed by atoms with E-state index in [4.69, 9.17) is 24.4 Å². The van der Waals surface area contributed by atoms with Crippen LogP contribution in [-0.4, -0.2) is 39.0 Å². The Bertz CT molecular complexity index is 209. The van der Waals surface area contributed by atoms with E-state index in [1.54, 1.807) is 0 Å². The standard InChI is InChI=1S/C4H7O4P.H3O4P/c1-9(7)8-3-2-4(5)6;1-5(2,3)4/h2-3H2,1H3;(H3,1,2,3,4)/p+1. The maximum absolute atomic E-state index is 10.2. The molecule has 0 amide bonds. The van der Waals surface area contributed by atoms with E-state index in [9.17, 15) is 9.36 Å². The molecule has 0 aliphatic rings. The summed E-state index contributed by atoms with van der Waals surface area (Å²) in [4.78, 5) is 31.4. The third-order valence-corrected chi connectivity index (χ3v) is 1.14. The van der Waals surface area contributed by atoms with Crippen molar-refractivity contribution in [3.63, 3.8) is 0 Å². The van der Waals surface area contributed by atoms with Crippen LogP contribution in [0, 0.1) is 0 Å². The fourth-order valence-corrected chi connectivity index (χ4v) is 0.610. The van der Waals surface area contributed by atoms with E-state index in [0.717, 1.165) is 0 Å². The first-order valence-electron chi connectivity index (χ1n) is 3.16. The zero-order chi connectivity index (χ0) is 11.8. The third kappa shape index (κ3) is 41.4. The molecular weight excluding hydrogens is 238 g/mol. The molecule has 1 atom stereocenters. The zero-order valence-electron chi connectivity index (χ0n) is 7.23. The number of aliphatic carboxylic acids is 1. The number of carbonyl (C=O) groups is 1. The third-order valence-electron chi connectivity index (χ3n) is 0.589. The van der Waals surface area contributed by atoms with Gasteiger partial charge in [-0.05, 0) is 4.57 Å². The molecular formula is C4H11O8P2+. The summed E-state index contributed by atoms with van der Waals surface area (Å²) in [6, 6.07) is 0. The maximum Gasteiger partial charge on any atom is 0.504 e. The highest BCUT2D eigenvalue weighted by atomic mass is 31.2. The summed E-state index contributed by atoms with van der Waals surface area (Å²) < 4.78 is 23.5. The van der Waals surface area contributed by atoms with Crippen molar-refractivity contribution < 1.29 is 38.2 Å². The highest BCUT2D eigenvalue weighted by Crippen LogP contribution is 2.25. The summed E-state index contributed by atoms with van der Waals surface area (Å²) >= 11 is 0. The topological polar surface area (TPSA) is 141 Å². The van der Waals surface area contributed by atoms with Gasteiger partial charge in [-0.1, -0.05) is 0 Å². The predicted molar refractivity (Wildman–Crippen MR) is 46.0 cm³/mol. The van der Waals surface area contributed by atoms with Gasteiger partial charge in [0.25, 0.3) is 0 Å². The first-order chi connectivity index (χ1) is 6.13. The number of phosphoric acid groups is 1. The summed E-state index contributed by atoms with van der Waals surface area (Å²) in [5, 5.41) is 8.05. The molecule has 14 heavy (non-hydrogen) atoms. The normalized spacial score (nSPS) is 11.3. The summed E-state index contributed by atoms with van der Waals surface area (Å²) in [7, 11) is -6.28. The molecule has 0 aromatic heterocycles. The van der Waals surface area contributed by atoms with Crippen LogP contribution in [-0.2, 0) is 18.4 Å². The highest BCUT2D eigenvalue weighted by Gasteiger charge is 2.07. The number of rotatable bonds is 4. The summed E-state index contributed by atoms with van der Waals surface area (Å²) in [6.45, 7) is 1.41. The highest BCUT2D eigenvalue weighted by molar-refractivity contribution is 7.45. The molecule has 0 radical (unpaired) electrons. The monoisotopic (exact) mass is 249 g/mol. The van der Waals surface area contributed by atoms with Crippen LogP contribution in [0.25, 0.3) is 0 Å². The minimum atomic E-state index is -4.64. The quantitative estimate of drug-likeness (QED) is 0.507. The number of carboxylic acids is 1. The molecule has 1 unspecified atom stereocenters. The molecule has 0 bridgehead atoms. The first kappa shape index (κ1) is 16.1. The van der Waals surface area contributed by atoms with Gasteiger partial charge in [0.1, 0.15) is 6.61 Å². The van der Waals surface area contributed by atoms with Gasteiger partial charge in [-0.3, -0.25) is 4.79 Å². The van der Waals surface area contributed by atoms with Crippen molar-refractivity contribution in [3.8, 4) is 0 Å². The number of hydrogen-bond donors (Lipinski definition) is 4. The van der Waals surface area contributed by atoms with Crippen molar-refractivity contribution in [2.45, 2.75) is 6.42 Å². The van der Waals surface area contributed by atoms with Gasteiger partial charge >= 0.3 is 21.8 Å². The Morgan fingerprint density at radius 1 is 1.43 bits per heavy atom. The fourth-order valence-electron chi connectivity index (χ4n) is 0.262. The molecule has 10 heteroatoms. The van der Waals surface area contributed by atoms with E-state index in [-0.39, 0.29) is 13.0 Å². The van der Waals surface area contributed by atoms with Crippen molar-refractivity contribution in [1.29, 1.82) is 0 Å². The molecule has 0 aliphatic carbocycles. The summed E-state index contributed by atoms with van der Waals surface area (Å²) in [6.07, 6.45) is -0.0884. The van der Waals surface area contributed by atoms with Gasteiger partial charge in [0.2, 0.25) is 0 Å². The van der Waals surface area contributed by atoms with E-state index in [1.807, 2.05) is 0 Å². The second-order valence-corrected chi connectivity index (χ2v) is 4.09. The van der Waals surface area contributed by atoms with Gasteiger partial charge < -0.3 is 19.8 Å². The smallest absolute Gasteiger partial charge is 0.481 e. The molecule has 4 N–H and O–H groups in total. The molecule has 0 saturated carbocycles. The maximum atomic E-state index is 10.2. The van der Waals surface area contributed by atoms with Gasteiger partial charge in [0, 0.05) is 0 Å². The second kappa shape index (κ2) is 7.99. The molecule has 0 rings (SSSR count). The molecule has 84 valence electrons. The van der Waals surface area contributed by atoms with Gasteiger partial charge in [-0.25, -0.2) is 4.57 Å². The van der Waals surface area contributed by atoms with E-state index in [0.29, 0.717) is 0 Å². The van der Waals surface area contributed by atoms with Gasteiger partial charge in [0.15, 0.2) is 6.66 Å². The molecule has 0 aromatic rings. The van der Waals surface area contributed by atoms with Crippen molar-refractivity contribution in [1.82, 2.24) is 0 Å². The van der Waals surface area contributed by atoms with E-state index >= 15 is 0 Å².